The molecular formula is C31H28F2O6. The molecule has 0 amide bonds. The molecule has 0 radical (unpaired) electrons. The Labute approximate surface area is 222 Å². The summed E-state index contributed by atoms with van der Waals surface area (Å²) in [6, 6.07) is 15.7. The van der Waals surface area contributed by atoms with Crippen molar-refractivity contribution in [1.29, 1.82) is 0 Å². The van der Waals surface area contributed by atoms with E-state index >= 15 is 0 Å². The number of aromatic hydroxyl groups is 2. The highest BCUT2D eigenvalue weighted by Crippen LogP contribution is 2.33. The third-order valence-corrected chi connectivity index (χ3v) is 6.30. The summed E-state index contributed by atoms with van der Waals surface area (Å²) in [5, 5.41) is 20.4. The number of aryl methyl sites for hydroxylation is 2. The number of benzene rings is 3. The van der Waals surface area contributed by atoms with Crippen molar-refractivity contribution in [2.24, 2.45) is 0 Å². The Bertz CT molecular complexity index is 1740. The zero-order valence-electron chi connectivity index (χ0n) is 21.6. The molecule has 5 rings (SSSR count). The minimum absolute atomic E-state index is 0.217. The molecule has 0 aliphatic heterocycles. The van der Waals surface area contributed by atoms with E-state index in [1.807, 2.05) is 44.2 Å². The van der Waals surface area contributed by atoms with Crippen LogP contribution in [-0.4, -0.2) is 10.2 Å². The topological polar surface area (TPSA) is 101 Å². The van der Waals surface area contributed by atoms with Crippen LogP contribution in [0.3, 0.4) is 0 Å². The van der Waals surface area contributed by atoms with Crippen molar-refractivity contribution >= 4 is 21.9 Å². The summed E-state index contributed by atoms with van der Waals surface area (Å²) in [5.41, 5.74) is 2.21. The van der Waals surface area contributed by atoms with Gasteiger partial charge in [-0.1, -0.05) is 57.0 Å². The van der Waals surface area contributed by atoms with Crippen LogP contribution in [0.15, 0.2) is 79.1 Å². The molecule has 0 unspecified atom stereocenters. The molecule has 0 saturated heterocycles. The van der Waals surface area contributed by atoms with Gasteiger partial charge in [0.2, 0.25) is 0 Å². The zero-order chi connectivity index (χ0) is 28.1. The third-order valence-electron chi connectivity index (χ3n) is 6.30. The SMILES string of the molecule is CCCc1cc(=O)oc2c(Cc3ccccc3)c(O)c(F)cc12.CCCc1cc(=O)oc2cc(O)c(F)cc12. The first-order valence-electron chi connectivity index (χ1n) is 12.7. The van der Waals surface area contributed by atoms with E-state index in [2.05, 4.69) is 0 Å². The summed E-state index contributed by atoms with van der Waals surface area (Å²) < 4.78 is 37.6. The fourth-order valence-corrected chi connectivity index (χ4v) is 4.53. The van der Waals surface area contributed by atoms with Crippen LogP contribution in [0.2, 0.25) is 0 Å². The Hall–Kier alpha value is -4.46. The van der Waals surface area contributed by atoms with Gasteiger partial charge in [-0.05, 0) is 41.7 Å². The lowest BCUT2D eigenvalue weighted by atomic mass is 9.98. The average molecular weight is 535 g/mol. The van der Waals surface area contributed by atoms with Gasteiger partial charge >= 0.3 is 11.3 Å². The number of hydrogen-bond donors (Lipinski definition) is 2. The molecule has 2 N–H and O–H groups in total. The molecule has 8 heteroatoms. The summed E-state index contributed by atoms with van der Waals surface area (Å²) in [4.78, 5) is 23.1. The van der Waals surface area contributed by atoms with E-state index in [0.717, 1.165) is 35.6 Å². The van der Waals surface area contributed by atoms with Gasteiger partial charge in [0.1, 0.15) is 11.2 Å². The average Bonchev–Trinajstić information content (AvgIpc) is 2.90. The standard InChI is InChI=1S/C19H17FO3.C12H11FO3/c1-2-6-13-10-17(21)23-19-14(13)11-16(20)18(22)15(19)9-12-7-4-3-5-8-12;1-2-3-7-4-12(15)16-11-6-10(14)9(13)5-8(7)11/h3-5,7-8,10-11,22H,2,6,9H2,1H3;4-6,14H,2-3H2,1H3. The van der Waals surface area contributed by atoms with Crippen LogP contribution in [0.1, 0.15) is 48.9 Å². The van der Waals surface area contributed by atoms with E-state index in [0.29, 0.717) is 35.6 Å². The summed E-state index contributed by atoms with van der Waals surface area (Å²) in [7, 11) is 0. The molecule has 0 aliphatic carbocycles. The first-order chi connectivity index (χ1) is 18.7. The van der Waals surface area contributed by atoms with Crippen molar-refractivity contribution < 1.29 is 27.8 Å². The number of fused-ring (bicyclic) bond motifs is 2. The fourth-order valence-electron chi connectivity index (χ4n) is 4.53. The molecule has 202 valence electrons. The van der Waals surface area contributed by atoms with Crippen LogP contribution in [0.25, 0.3) is 21.9 Å². The van der Waals surface area contributed by atoms with E-state index in [9.17, 15) is 28.6 Å². The second kappa shape index (κ2) is 11.9. The molecule has 0 aliphatic rings. The number of rotatable bonds is 6. The molecule has 0 bridgehead atoms. The van der Waals surface area contributed by atoms with Gasteiger partial charge in [-0.2, -0.15) is 0 Å². The summed E-state index contributed by atoms with van der Waals surface area (Å²) in [6.45, 7) is 3.96. The molecule has 2 aromatic heterocycles. The molecule has 0 saturated carbocycles. The number of halogens is 2. The molecule has 39 heavy (non-hydrogen) atoms. The molecule has 2 heterocycles. The van der Waals surface area contributed by atoms with Crippen molar-refractivity contribution in [3.63, 3.8) is 0 Å². The number of hydrogen-bond acceptors (Lipinski definition) is 6. The van der Waals surface area contributed by atoms with Gasteiger partial charge in [-0.3, -0.25) is 0 Å². The molecule has 3 aromatic carbocycles. The highest BCUT2D eigenvalue weighted by atomic mass is 19.1. The Kier molecular flexibility index (Phi) is 8.44. The van der Waals surface area contributed by atoms with Gasteiger partial charge in [0.15, 0.2) is 23.1 Å². The Balaban J connectivity index is 0.000000193. The van der Waals surface area contributed by atoms with E-state index in [4.69, 9.17) is 8.83 Å². The number of phenolic OH excluding ortho intramolecular Hbond substituents is 2. The quantitative estimate of drug-likeness (QED) is 0.233. The van der Waals surface area contributed by atoms with Gasteiger partial charge in [-0.25, -0.2) is 18.4 Å². The molecule has 0 fully saturated rings. The van der Waals surface area contributed by atoms with Crippen LogP contribution in [0.4, 0.5) is 8.78 Å². The van der Waals surface area contributed by atoms with Gasteiger partial charge in [0, 0.05) is 41.0 Å². The van der Waals surface area contributed by atoms with E-state index < -0.39 is 34.4 Å². The molecule has 5 aromatic rings. The van der Waals surface area contributed by atoms with Crippen LogP contribution < -0.4 is 11.3 Å². The van der Waals surface area contributed by atoms with Crippen LogP contribution >= 0.6 is 0 Å². The normalized spacial score (nSPS) is 11.0. The van der Waals surface area contributed by atoms with Crippen LogP contribution in [-0.2, 0) is 19.3 Å². The van der Waals surface area contributed by atoms with Gasteiger partial charge in [0.05, 0.1) is 0 Å². The molecule has 6 nitrogen and oxygen atoms in total. The maximum absolute atomic E-state index is 14.2. The van der Waals surface area contributed by atoms with Crippen molar-refractivity contribution in [2.45, 2.75) is 46.0 Å². The lowest BCUT2D eigenvalue weighted by molar-refractivity contribution is 0.425. The lowest BCUT2D eigenvalue weighted by Crippen LogP contribution is -2.04. The Morgan fingerprint density at radius 3 is 1.97 bits per heavy atom. The fraction of sp³-hybridized carbons (Fsp3) is 0.226. The minimum Gasteiger partial charge on any atom is -0.505 e. The summed E-state index contributed by atoms with van der Waals surface area (Å²) >= 11 is 0. The van der Waals surface area contributed by atoms with Gasteiger partial charge in [-0.15, -0.1) is 0 Å². The lowest BCUT2D eigenvalue weighted by Gasteiger charge is -2.11. The molecule has 0 atom stereocenters. The zero-order valence-corrected chi connectivity index (χ0v) is 21.6. The highest BCUT2D eigenvalue weighted by molar-refractivity contribution is 5.86. The van der Waals surface area contributed by atoms with E-state index in [1.54, 1.807) is 0 Å². The van der Waals surface area contributed by atoms with Crippen LogP contribution in [0, 0.1) is 11.6 Å². The second-order valence-electron chi connectivity index (χ2n) is 9.21. The maximum Gasteiger partial charge on any atom is 0.336 e. The Morgan fingerprint density at radius 2 is 1.33 bits per heavy atom. The predicted molar refractivity (Wildman–Crippen MR) is 145 cm³/mol. The highest BCUT2D eigenvalue weighted by Gasteiger charge is 2.18. The van der Waals surface area contributed by atoms with Gasteiger partial charge < -0.3 is 19.0 Å². The van der Waals surface area contributed by atoms with E-state index in [1.165, 1.54) is 24.3 Å². The second-order valence-corrected chi connectivity index (χ2v) is 9.21. The van der Waals surface area contributed by atoms with Gasteiger partial charge in [0.25, 0.3) is 0 Å². The summed E-state index contributed by atoms with van der Waals surface area (Å²) in [5.74, 6) is -2.38. The summed E-state index contributed by atoms with van der Waals surface area (Å²) in [6.07, 6.45) is 3.29. The molecular weight excluding hydrogens is 506 g/mol. The van der Waals surface area contributed by atoms with Crippen molar-refractivity contribution in [2.75, 3.05) is 0 Å². The minimum atomic E-state index is -0.710. The predicted octanol–water partition coefficient (Wildman–Crippen LogP) is 6.77. The van der Waals surface area contributed by atoms with Crippen molar-refractivity contribution in [1.82, 2.24) is 0 Å². The maximum atomic E-state index is 14.2. The monoisotopic (exact) mass is 534 g/mol. The smallest absolute Gasteiger partial charge is 0.336 e. The van der Waals surface area contributed by atoms with Crippen molar-refractivity contribution in [3.8, 4) is 11.5 Å². The number of phenols is 2. The first-order valence-corrected chi connectivity index (χ1v) is 12.7. The Morgan fingerprint density at radius 1 is 0.744 bits per heavy atom. The van der Waals surface area contributed by atoms with E-state index in [-0.39, 0.29) is 11.2 Å². The first kappa shape index (κ1) is 27.6. The van der Waals surface area contributed by atoms with Crippen LogP contribution in [0.5, 0.6) is 11.5 Å². The molecule has 0 spiro atoms. The largest absolute Gasteiger partial charge is 0.505 e. The third kappa shape index (κ3) is 6.17. The van der Waals surface area contributed by atoms with Crippen molar-refractivity contribution in [3.05, 3.63) is 115 Å².